The van der Waals surface area contributed by atoms with Gasteiger partial charge in [-0.2, -0.15) is 0 Å². The number of carbonyl (C=O) groups is 2. The van der Waals surface area contributed by atoms with Crippen LogP contribution in [-0.4, -0.2) is 46.2 Å². The Kier molecular flexibility index (Phi) is 3.10. The minimum atomic E-state index is -1.01. The van der Waals surface area contributed by atoms with Gasteiger partial charge in [0.15, 0.2) is 0 Å². The second-order valence-corrected chi connectivity index (χ2v) is 3.94. The van der Waals surface area contributed by atoms with E-state index in [9.17, 15) is 9.59 Å². The van der Waals surface area contributed by atoms with Gasteiger partial charge in [0.05, 0.1) is 11.8 Å². The summed E-state index contributed by atoms with van der Waals surface area (Å²) in [4.78, 5) is 23.5. The summed E-state index contributed by atoms with van der Waals surface area (Å²) in [5.41, 5.74) is 0. The molecular formula is C9H15NO4. The van der Waals surface area contributed by atoms with Crippen molar-refractivity contribution in [1.29, 1.82) is 0 Å². The van der Waals surface area contributed by atoms with E-state index in [1.807, 2.05) is 18.7 Å². The monoisotopic (exact) mass is 201 g/mol. The van der Waals surface area contributed by atoms with Crippen LogP contribution in [0.2, 0.25) is 0 Å². The Bertz CT molecular complexity index is 229. The standard InChI is InChI=1S/C9H15NO4/c1-5(2)10-3-6(8(11)12)7(4-10)9(13)14/h5-7H,3-4H2,1-2H3,(H,11,12)(H,13,14). The summed E-state index contributed by atoms with van der Waals surface area (Å²) in [6, 6.07) is 0.196. The second kappa shape index (κ2) is 3.96. The van der Waals surface area contributed by atoms with Gasteiger partial charge in [0.1, 0.15) is 0 Å². The minimum absolute atomic E-state index is 0.196. The highest BCUT2D eigenvalue weighted by Gasteiger charge is 2.42. The Morgan fingerprint density at radius 2 is 1.50 bits per heavy atom. The zero-order valence-electron chi connectivity index (χ0n) is 8.30. The fourth-order valence-corrected chi connectivity index (χ4v) is 1.76. The van der Waals surface area contributed by atoms with Crippen LogP contribution in [0, 0.1) is 11.8 Å². The number of carboxylic acids is 2. The van der Waals surface area contributed by atoms with Crippen molar-refractivity contribution in [3.63, 3.8) is 0 Å². The molecule has 1 rings (SSSR count). The van der Waals surface area contributed by atoms with Gasteiger partial charge in [-0.15, -0.1) is 0 Å². The lowest BCUT2D eigenvalue weighted by atomic mass is 9.97. The molecule has 80 valence electrons. The number of nitrogens with zero attached hydrogens (tertiary/aromatic N) is 1. The van der Waals surface area contributed by atoms with Gasteiger partial charge < -0.3 is 10.2 Å². The van der Waals surface area contributed by atoms with Crippen LogP contribution in [0.1, 0.15) is 13.8 Å². The van der Waals surface area contributed by atoms with Crippen molar-refractivity contribution in [2.75, 3.05) is 13.1 Å². The highest BCUT2D eigenvalue weighted by Crippen LogP contribution is 2.25. The van der Waals surface area contributed by atoms with E-state index in [4.69, 9.17) is 10.2 Å². The van der Waals surface area contributed by atoms with Gasteiger partial charge in [0.25, 0.3) is 0 Å². The summed E-state index contributed by atoms with van der Waals surface area (Å²) in [7, 11) is 0. The topological polar surface area (TPSA) is 77.8 Å². The number of hydrogen-bond donors (Lipinski definition) is 2. The van der Waals surface area contributed by atoms with E-state index < -0.39 is 23.8 Å². The van der Waals surface area contributed by atoms with E-state index in [2.05, 4.69) is 0 Å². The van der Waals surface area contributed by atoms with E-state index in [1.165, 1.54) is 0 Å². The molecule has 1 aliphatic rings. The maximum Gasteiger partial charge on any atom is 0.308 e. The zero-order valence-corrected chi connectivity index (χ0v) is 8.30. The molecule has 0 aromatic heterocycles. The van der Waals surface area contributed by atoms with Crippen LogP contribution >= 0.6 is 0 Å². The van der Waals surface area contributed by atoms with Crippen molar-refractivity contribution < 1.29 is 19.8 Å². The quantitative estimate of drug-likeness (QED) is 0.677. The Morgan fingerprint density at radius 3 is 1.71 bits per heavy atom. The Labute approximate surface area is 82.3 Å². The zero-order chi connectivity index (χ0) is 10.9. The molecule has 5 heteroatoms. The molecule has 0 bridgehead atoms. The van der Waals surface area contributed by atoms with Gasteiger partial charge >= 0.3 is 11.9 Å². The van der Waals surface area contributed by atoms with Gasteiger partial charge in [0.2, 0.25) is 0 Å². The molecule has 0 saturated carbocycles. The average molecular weight is 201 g/mol. The SMILES string of the molecule is CC(C)N1CC(C(=O)O)C(C(=O)O)C1. The van der Waals surface area contributed by atoms with Crippen molar-refractivity contribution in [3.8, 4) is 0 Å². The molecule has 0 amide bonds. The van der Waals surface area contributed by atoms with Crippen LogP contribution in [0.25, 0.3) is 0 Å². The minimum Gasteiger partial charge on any atom is -0.481 e. The molecule has 0 aromatic rings. The summed E-state index contributed by atoms with van der Waals surface area (Å²) in [6.07, 6.45) is 0. The lowest BCUT2D eigenvalue weighted by Crippen LogP contribution is -2.29. The van der Waals surface area contributed by atoms with Crippen LogP contribution in [0.5, 0.6) is 0 Å². The lowest BCUT2D eigenvalue weighted by molar-refractivity contribution is -0.151. The molecule has 0 radical (unpaired) electrons. The second-order valence-electron chi connectivity index (χ2n) is 3.94. The van der Waals surface area contributed by atoms with E-state index in [1.54, 1.807) is 0 Å². The van der Waals surface area contributed by atoms with Gasteiger partial charge in [-0.3, -0.25) is 14.5 Å². The third-order valence-electron chi connectivity index (χ3n) is 2.71. The molecule has 0 spiro atoms. The van der Waals surface area contributed by atoms with Gasteiger partial charge in [-0.25, -0.2) is 0 Å². The molecule has 2 unspecified atom stereocenters. The molecule has 2 atom stereocenters. The highest BCUT2D eigenvalue weighted by molar-refractivity contribution is 5.81. The number of aliphatic carboxylic acids is 2. The maximum atomic E-state index is 10.8. The fraction of sp³-hybridized carbons (Fsp3) is 0.778. The largest absolute Gasteiger partial charge is 0.481 e. The number of carboxylic acid groups (broad SMARTS) is 2. The highest BCUT2D eigenvalue weighted by atomic mass is 16.4. The van der Waals surface area contributed by atoms with Gasteiger partial charge in [-0.05, 0) is 13.8 Å². The molecule has 5 nitrogen and oxygen atoms in total. The maximum absolute atomic E-state index is 10.8. The van der Waals surface area contributed by atoms with E-state index in [0.717, 1.165) is 0 Å². The molecule has 0 aromatic carbocycles. The summed E-state index contributed by atoms with van der Waals surface area (Å²) < 4.78 is 0. The summed E-state index contributed by atoms with van der Waals surface area (Å²) in [6.45, 7) is 4.54. The number of likely N-dealkylation sites (tertiary alicyclic amines) is 1. The van der Waals surface area contributed by atoms with Crippen molar-refractivity contribution in [1.82, 2.24) is 4.90 Å². The van der Waals surface area contributed by atoms with Crippen LogP contribution in [0.15, 0.2) is 0 Å². The molecule has 1 heterocycles. The van der Waals surface area contributed by atoms with Gasteiger partial charge in [-0.1, -0.05) is 0 Å². The third kappa shape index (κ3) is 2.04. The third-order valence-corrected chi connectivity index (χ3v) is 2.71. The smallest absolute Gasteiger partial charge is 0.308 e. The predicted octanol–water partition coefficient (Wildman–Crippen LogP) is 0.112. The summed E-state index contributed by atoms with van der Waals surface area (Å²) >= 11 is 0. The first kappa shape index (κ1) is 11.0. The molecule has 14 heavy (non-hydrogen) atoms. The Morgan fingerprint density at radius 1 is 1.14 bits per heavy atom. The van der Waals surface area contributed by atoms with Crippen LogP contribution in [0.3, 0.4) is 0 Å². The first-order chi connectivity index (χ1) is 6.43. The molecule has 1 saturated heterocycles. The summed E-state index contributed by atoms with van der Waals surface area (Å²) in [5, 5.41) is 17.7. The van der Waals surface area contributed by atoms with Crippen molar-refractivity contribution in [3.05, 3.63) is 0 Å². The Hall–Kier alpha value is -1.10. The first-order valence-corrected chi connectivity index (χ1v) is 4.63. The molecular weight excluding hydrogens is 186 g/mol. The lowest BCUT2D eigenvalue weighted by Gasteiger charge is -2.19. The van der Waals surface area contributed by atoms with E-state index >= 15 is 0 Å². The van der Waals surface area contributed by atoms with E-state index in [-0.39, 0.29) is 6.04 Å². The fourth-order valence-electron chi connectivity index (χ4n) is 1.76. The predicted molar refractivity (Wildman–Crippen MR) is 49.0 cm³/mol. The van der Waals surface area contributed by atoms with E-state index in [0.29, 0.717) is 13.1 Å². The number of rotatable bonds is 3. The molecule has 0 aliphatic carbocycles. The average Bonchev–Trinajstić information content (AvgIpc) is 2.47. The van der Waals surface area contributed by atoms with Crippen molar-refractivity contribution in [2.24, 2.45) is 11.8 Å². The molecule has 2 N–H and O–H groups in total. The van der Waals surface area contributed by atoms with Crippen molar-refractivity contribution >= 4 is 11.9 Å². The van der Waals surface area contributed by atoms with Crippen LogP contribution in [0.4, 0.5) is 0 Å². The molecule has 1 fully saturated rings. The van der Waals surface area contributed by atoms with Crippen LogP contribution < -0.4 is 0 Å². The Balaban J connectivity index is 2.75. The van der Waals surface area contributed by atoms with Crippen molar-refractivity contribution in [2.45, 2.75) is 19.9 Å². The van der Waals surface area contributed by atoms with Crippen LogP contribution in [-0.2, 0) is 9.59 Å². The molecule has 1 aliphatic heterocycles. The number of hydrogen-bond acceptors (Lipinski definition) is 3. The normalized spacial score (nSPS) is 28.2. The summed E-state index contributed by atoms with van der Waals surface area (Å²) in [5.74, 6) is -3.56. The van der Waals surface area contributed by atoms with Gasteiger partial charge in [0, 0.05) is 19.1 Å². The first-order valence-electron chi connectivity index (χ1n) is 4.63.